The first kappa shape index (κ1) is 17.7. The summed E-state index contributed by atoms with van der Waals surface area (Å²) in [6.07, 6.45) is 4.14. The topological polar surface area (TPSA) is 64.6 Å². The molecule has 0 spiro atoms. The van der Waals surface area contributed by atoms with E-state index in [0.29, 0.717) is 13.0 Å². The second-order valence-corrected chi connectivity index (χ2v) is 5.47. The zero-order valence-corrected chi connectivity index (χ0v) is 12.6. The van der Waals surface area contributed by atoms with E-state index < -0.39 is 11.8 Å². The monoisotopic (exact) mass is 273 g/mol. The van der Waals surface area contributed by atoms with Gasteiger partial charge in [0.05, 0.1) is 6.54 Å². The molecule has 0 atom stereocenters. The lowest BCUT2D eigenvalue weighted by Crippen LogP contribution is -2.30. The Kier molecular flexibility index (Phi) is 9.00. The molecule has 0 aliphatic rings. The van der Waals surface area contributed by atoms with E-state index >= 15 is 0 Å². The maximum absolute atomic E-state index is 11.4. The van der Waals surface area contributed by atoms with E-state index in [0.717, 1.165) is 25.7 Å². The number of carbonyl (C=O) groups is 2. The molecule has 5 heteroatoms. The van der Waals surface area contributed by atoms with Gasteiger partial charge in [0.25, 0.3) is 0 Å². The molecule has 0 aromatic heterocycles. The molecule has 0 bridgehead atoms. The lowest BCUT2D eigenvalue weighted by atomic mass is 10.1. The molecule has 0 heterocycles. The molecular weight excluding hydrogens is 246 g/mol. The fourth-order valence-electron chi connectivity index (χ4n) is 1.40. The van der Waals surface area contributed by atoms with E-state index in [4.69, 9.17) is 9.47 Å². The quantitative estimate of drug-likeness (QED) is 0.545. The Labute approximate surface area is 116 Å². The van der Waals surface area contributed by atoms with Crippen LogP contribution in [0.15, 0.2) is 0 Å². The van der Waals surface area contributed by atoms with Crippen molar-refractivity contribution in [2.24, 2.45) is 0 Å². The summed E-state index contributed by atoms with van der Waals surface area (Å²) in [5, 5.41) is 2.71. The molecule has 0 aliphatic heterocycles. The summed E-state index contributed by atoms with van der Waals surface area (Å²) in [6.45, 7) is 7.90. The number of ether oxygens (including phenoxy) is 2. The number of rotatable bonds is 8. The molecule has 5 nitrogen and oxygen atoms in total. The molecule has 1 N–H and O–H groups in total. The zero-order valence-electron chi connectivity index (χ0n) is 12.6. The number of carbonyl (C=O) groups excluding carboxylic acids is 2. The first-order chi connectivity index (χ1) is 8.85. The summed E-state index contributed by atoms with van der Waals surface area (Å²) in [6, 6.07) is 0. The summed E-state index contributed by atoms with van der Waals surface area (Å²) < 4.78 is 9.80. The van der Waals surface area contributed by atoms with Gasteiger partial charge in [-0.25, -0.2) is 4.79 Å². The predicted molar refractivity (Wildman–Crippen MR) is 74.0 cm³/mol. The van der Waals surface area contributed by atoms with Crippen LogP contribution in [0.2, 0.25) is 0 Å². The summed E-state index contributed by atoms with van der Waals surface area (Å²) >= 11 is 0. The van der Waals surface area contributed by atoms with Crippen LogP contribution in [-0.4, -0.2) is 30.8 Å². The van der Waals surface area contributed by atoms with Crippen molar-refractivity contribution in [2.75, 3.05) is 13.2 Å². The minimum atomic E-state index is -0.704. The number of nitrogens with one attached hydrogen (secondary N) is 1. The summed E-state index contributed by atoms with van der Waals surface area (Å²) in [7, 11) is 0. The van der Waals surface area contributed by atoms with Crippen molar-refractivity contribution in [3.8, 4) is 0 Å². The molecule has 0 aliphatic carbocycles. The minimum absolute atomic E-state index is 0.00360. The van der Waals surface area contributed by atoms with E-state index in [1.807, 2.05) is 0 Å². The second-order valence-electron chi connectivity index (χ2n) is 5.47. The molecule has 0 aromatic rings. The SMILES string of the molecule is CCCCCCC(=O)NCCOC(=O)OC(C)(C)C. The molecule has 112 valence electrons. The van der Waals surface area contributed by atoms with E-state index in [9.17, 15) is 9.59 Å². The van der Waals surface area contributed by atoms with E-state index in [1.54, 1.807) is 20.8 Å². The van der Waals surface area contributed by atoms with Crippen LogP contribution < -0.4 is 5.32 Å². The predicted octanol–water partition coefficient (Wildman–Crippen LogP) is 3.02. The molecule has 0 saturated carbocycles. The number of hydrogen-bond acceptors (Lipinski definition) is 4. The largest absolute Gasteiger partial charge is 0.508 e. The van der Waals surface area contributed by atoms with Gasteiger partial charge in [-0.1, -0.05) is 26.2 Å². The third-order valence-electron chi connectivity index (χ3n) is 2.29. The van der Waals surface area contributed by atoms with Gasteiger partial charge in [0, 0.05) is 6.42 Å². The van der Waals surface area contributed by atoms with E-state index in [1.165, 1.54) is 0 Å². The van der Waals surface area contributed by atoms with Crippen molar-refractivity contribution in [1.82, 2.24) is 5.32 Å². The van der Waals surface area contributed by atoms with Gasteiger partial charge in [0.2, 0.25) is 5.91 Å². The molecule has 1 amide bonds. The van der Waals surface area contributed by atoms with Gasteiger partial charge in [0.15, 0.2) is 0 Å². The first-order valence-electron chi connectivity index (χ1n) is 6.97. The summed E-state index contributed by atoms with van der Waals surface area (Å²) in [4.78, 5) is 22.6. The van der Waals surface area contributed by atoms with Crippen molar-refractivity contribution in [1.29, 1.82) is 0 Å². The van der Waals surface area contributed by atoms with Crippen LogP contribution in [-0.2, 0) is 14.3 Å². The standard InChI is InChI=1S/C14H27NO4/c1-5-6-7-8-9-12(16)15-10-11-18-13(17)19-14(2,3)4/h5-11H2,1-4H3,(H,15,16). The van der Waals surface area contributed by atoms with Gasteiger partial charge in [0.1, 0.15) is 12.2 Å². The van der Waals surface area contributed by atoms with Gasteiger partial charge in [-0.15, -0.1) is 0 Å². The normalized spacial score (nSPS) is 10.9. The fourth-order valence-corrected chi connectivity index (χ4v) is 1.40. The Morgan fingerprint density at radius 2 is 1.79 bits per heavy atom. The van der Waals surface area contributed by atoms with Gasteiger partial charge >= 0.3 is 6.16 Å². The van der Waals surface area contributed by atoms with Crippen LogP contribution in [0.5, 0.6) is 0 Å². The molecule has 0 aromatic carbocycles. The molecule has 0 rings (SSSR count). The summed E-state index contributed by atoms with van der Waals surface area (Å²) in [5.41, 5.74) is -0.556. The highest BCUT2D eigenvalue weighted by molar-refractivity contribution is 5.75. The molecule has 0 unspecified atom stereocenters. The maximum atomic E-state index is 11.4. The molecule has 0 saturated heterocycles. The van der Waals surface area contributed by atoms with Gasteiger partial charge in [-0.2, -0.15) is 0 Å². The highest BCUT2D eigenvalue weighted by Crippen LogP contribution is 2.07. The van der Waals surface area contributed by atoms with E-state index in [-0.39, 0.29) is 12.5 Å². The van der Waals surface area contributed by atoms with Crippen molar-refractivity contribution in [2.45, 2.75) is 65.4 Å². The molecule has 0 radical (unpaired) electrons. The van der Waals surface area contributed by atoms with Gasteiger partial charge in [-0.3, -0.25) is 4.79 Å². The Bertz CT molecular complexity index is 271. The van der Waals surface area contributed by atoms with E-state index in [2.05, 4.69) is 12.2 Å². The van der Waals surface area contributed by atoms with Crippen molar-refractivity contribution in [3.05, 3.63) is 0 Å². The number of amides is 1. The van der Waals surface area contributed by atoms with Crippen molar-refractivity contribution >= 4 is 12.1 Å². The molecular formula is C14H27NO4. The Morgan fingerprint density at radius 1 is 1.11 bits per heavy atom. The first-order valence-corrected chi connectivity index (χ1v) is 6.97. The average molecular weight is 273 g/mol. The lowest BCUT2D eigenvalue weighted by molar-refractivity contribution is -0.121. The Hall–Kier alpha value is -1.26. The van der Waals surface area contributed by atoms with Gasteiger partial charge in [-0.05, 0) is 27.2 Å². The average Bonchev–Trinajstić information content (AvgIpc) is 2.28. The fraction of sp³-hybridized carbons (Fsp3) is 0.857. The lowest BCUT2D eigenvalue weighted by Gasteiger charge is -2.18. The van der Waals surface area contributed by atoms with Crippen LogP contribution in [0.3, 0.4) is 0 Å². The second kappa shape index (κ2) is 9.64. The third kappa shape index (κ3) is 13.0. The minimum Gasteiger partial charge on any atom is -0.432 e. The molecule has 19 heavy (non-hydrogen) atoms. The zero-order chi connectivity index (χ0) is 14.7. The van der Waals surface area contributed by atoms with Crippen molar-refractivity contribution < 1.29 is 19.1 Å². The van der Waals surface area contributed by atoms with Crippen LogP contribution in [0.4, 0.5) is 4.79 Å². The van der Waals surface area contributed by atoms with Crippen LogP contribution in [0.1, 0.15) is 59.8 Å². The van der Waals surface area contributed by atoms with Crippen molar-refractivity contribution in [3.63, 3.8) is 0 Å². The number of hydrogen-bond donors (Lipinski definition) is 1. The highest BCUT2D eigenvalue weighted by atomic mass is 16.7. The molecule has 0 fully saturated rings. The summed E-state index contributed by atoms with van der Waals surface area (Å²) in [5.74, 6) is 0.00360. The van der Waals surface area contributed by atoms with Crippen LogP contribution in [0.25, 0.3) is 0 Å². The smallest absolute Gasteiger partial charge is 0.432 e. The maximum Gasteiger partial charge on any atom is 0.508 e. The van der Waals surface area contributed by atoms with Crippen LogP contribution >= 0.6 is 0 Å². The Morgan fingerprint density at radius 3 is 2.37 bits per heavy atom. The number of unbranched alkanes of at least 4 members (excludes halogenated alkanes) is 3. The third-order valence-corrected chi connectivity index (χ3v) is 2.29. The van der Waals surface area contributed by atoms with Gasteiger partial charge < -0.3 is 14.8 Å². The highest BCUT2D eigenvalue weighted by Gasteiger charge is 2.17. The Balaban J connectivity index is 3.48. The van der Waals surface area contributed by atoms with Crippen LogP contribution in [0, 0.1) is 0 Å².